The van der Waals surface area contributed by atoms with E-state index in [-0.39, 0.29) is 17.0 Å². The van der Waals surface area contributed by atoms with Crippen LogP contribution in [-0.4, -0.2) is 22.6 Å². The second-order valence-corrected chi connectivity index (χ2v) is 6.80. The monoisotopic (exact) mass is 346 g/mol. The Morgan fingerprint density at radius 3 is 2.42 bits per heavy atom. The molecule has 0 saturated heterocycles. The lowest BCUT2D eigenvalue weighted by atomic mass is 10.1. The lowest BCUT2D eigenvalue weighted by Crippen LogP contribution is -2.24. The Labute approximate surface area is 141 Å². The molecule has 0 atom stereocenters. The smallest absolute Gasteiger partial charge is 0.242 e. The number of hydrogen-bond donors (Lipinski definition) is 1. The number of hydrogen-bond acceptors (Lipinski definition) is 5. The number of methoxy groups -OCH3 is 2. The Balaban J connectivity index is 2.32. The minimum absolute atomic E-state index is 0.0158. The van der Waals surface area contributed by atoms with Crippen LogP contribution in [0.1, 0.15) is 16.7 Å². The highest BCUT2D eigenvalue weighted by molar-refractivity contribution is 7.89. The van der Waals surface area contributed by atoms with E-state index >= 15 is 0 Å². The highest BCUT2D eigenvalue weighted by atomic mass is 32.2. The topological polar surface area (TPSA) is 88.4 Å². The number of rotatable bonds is 6. The summed E-state index contributed by atoms with van der Waals surface area (Å²) in [6, 6.07) is 11.4. The van der Waals surface area contributed by atoms with Crippen molar-refractivity contribution < 1.29 is 17.9 Å². The molecule has 0 unspecified atom stereocenters. The number of nitrogens with zero attached hydrogens (tertiary/aromatic N) is 1. The molecule has 0 radical (unpaired) electrons. The van der Waals surface area contributed by atoms with Crippen molar-refractivity contribution in [2.45, 2.75) is 18.4 Å². The Morgan fingerprint density at radius 1 is 1.12 bits per heavy atom. The molecule has 0 aliphatic carbocycles. The van der Waals surface area contributed by atoms with Gasteiger partial charge in [0.25, 0.3) is 0 Å². The van der Waals surface area contributed by atoms with Crippen LogP contribution in [0.4, 0.5) is 0 Å². The van der Waals surface area contributed by atoms with Crippen LogP contribution in [0.25, 0.3) is 0 Å². The van der Waals surface area contributed by atoms with Gasteiger partial charge in [0.2, 0.25) is 10.0 Å². The van der Waals surface area contributed by atoms with Gasteiger partial charge in [-0.05, 0) is 36.8 Å². The first kappa shape index (κ1) is 17.8. The summed E-state index contributed by atoms with van der Waals surface area (Å²) in [5.41, 5.74) is 1.62. The quantitative estimate of drug-likeness (QED) is 0.867. The van der Waals surface area contributed by atoms with Gasteiger partial charge in [0.15, 0.2) is 0 Å². The summed E-state index contributed by atoms with van der Waals surface area (Å²) in [7, 11) is -0.759. The SMILES string of the molecule is COc1cc(CNS(=O)(=O)c2ccccc2C#N)c(OC)cc1C. The maximum atomic E-state index is 12.5. The molecule has 2 aromatic rings. The van der Waals surface area contributed by atoms with Gasteiger partial charge in [-0.1, -0.05) is 12.1 Å². The lowest BCUT2D eigenvalue weighted by Gasteiger charge is -2.14. The molecule has 24 heavy (non-hydrogen) atoms. The molecule has 0 bridgehead atoms. The summed E-state index contributed by atoms with van der Waals surface area (Å²) < 4.78 is 38.0. The maximum absolute atomic E-state index is 12.5. The van der Waals surface area contributed by atoms with Crippen molar-refractivity contribution in [2.75, 3.05) is 14.2 Å². The van der Waals surface area contributed by atoms with Crippen molar-refractivity contribution in [3.63, 3.8) is 0 Å². The number of benzene rings is 2. The lowest BCUT2D eigenvalue weighted by molar-refractivity contribution is 0.396. The predicted molar refractivity (Wildman–Crippen MR) is 89.5 cm³/mol. The first-order chi connectivity index (χ1) is 11.4. The van der Waals surface area contributed by atoms with E-state index in [0.29, 0.717) is 17.1 Å². The molecule has 1 N–H and O–H groups in total. The summed E-state index contributed by atoms with van der Waals surface area (Å²) >= 11 is 0. The highest BCUT2D eigenvalue weighted by Crippen LogP contribution is 2.28. The van der Waals surface area contributed by atoms with Crippen LogP contribution in [0.5, 0.6) is 11.5 Å². The fourth-order valence-corrected chi connectivity index (χ4v) is 3.46. The molecule has 0 aromatic heterocycles. The summed E-state index contributed by atoms with van der Waals surface area (Å²) in [5.74, 6) is 1.20. The average molecular weight is 346 g/mol. The molecule has 126 valence electrons. The zero-order chi connectivity index (χ0) is 17.7. The molecule has 2 rings (SSSR count). The minimum atomic E-state index is -3.82. The van der Waals surface area contributed by atoms with Crippen LogP contribution in [0.2, 0.25) is 0 Å². The van der Waals surface area contributed by atoms with Gasteiger partial charge in [0, 0.05) is 12.1 Å². The molecule has 0 aliphatic heterocycles. The highest BCUT2D eigenvalue weighted by Gasteiger charge is 2.19. The molecule has 7 heteroatoms. The summed E-state index contributed by atoms with van der Waals surface area (Å²) in [6.07, 6.45) is 0. The zero-order valence-corrected chi connectivity index (χ0v) is 14.5. The van der Waals surface area contributed by atoms with Gasteiger partial charge in [-0.25, -0.2) is 13.1 Å². The van der Waals surface area contributed by atoms with E-state index in [9.17, 15) is 8.42 Å². The number of aryl methyl sites for hydroxylation is 1. The van der Waals surface area contributed by atoms with Crippen LogP contribution in [0.15, 0.2) is 41.3 Å². The maximum Gasteiger partial charge on any atom is 0.242 e. The van der Waals surface area contributed by atoms with E-state index in [1.807, 2.05) is 13.0 Å². The molecule has 0 fully saturated rings. The fraction of sp³-hybridized carbons (Fsp3) is 0.235. The summed E-state index contributed by atoms with van der Waals surface area (Å²) in [5, 5.41) is 9.07. The molecular formula is C17H18N2O4S. The molecule has 0 amide bonds. The van der Waals surface area contributed by atoms with Crippen molar-refractivity contribution in [3.05, 3.63) is 53.1 Å². The van der Waals surface area contributed by atoms with E-state index < -0.39 is 10.0 Å². The number of nitrogens with one attached hydrogen (secondary N) is 1. The van der Waals surface area contributed by atoms with E-state index in [0.717, 1.165) is 5.56 Å². The van der Waals surface area contributed by atoms with Gasteiger partial charge in [0.1, 0.15) is 17.6 Å². The Bertz CT molecular complexity index is 886. The third kappa shape index (κ3) is 3.67. The van der Waals surface area contributed by atoms with Crippen molar-refractivity contribution in [3.8, 4) is 17.6 Å². The van der Waals surface area contributed by atoms with Crippen molar-refractivity contribution >= 4 is 10.0 Å². The molecule has 2 aromatic carbocycles. The van der Waals surface area contributed by atoms with Gasteiger partial charge < -0.3 is 9.47 Å². The molecular weight excluding hydrogens is 328 g/mol. The zero-order valence-electron chi connectivity index (χ0n) is 13.7. The standard InChI is InChI=1S/C17H18N2O4S/c1-12-8-16(23-3)14(9-15(12)22-2)11-19-24(20,21)17-7-5-4-6-13(17)10-18/h4-9,19H,11H2,1-3H3. The predicted octanol–water partition coefficient (Wildman–Crippen LogP) is 2.36. The van der Waals surface area contributed by atoms with Crippen LogP contribution in [0.3, 0.4) is 0 Å². The number of sulfonamides is 1. The first-order valence-electron chi connectivity index (χ1n) is 7.13. The molecule has 0 heterocycles. The van der Waals surface area contributed by atoms with Crippen molar-refractivity contribution in [2.24, 2.45) is 0 Å². The van der Waals surface area contributed by atoms with Crippen molar-refractivity contribution in [1.82, 2.24) is 4.72 Å². The Morgan fingerprint density at radius 2 is 1.79 bits per heavy atom. The Kier molecular flexibility index (Phi) is 5.44. The van der Waals surface area contributed by atoms with Gasteiger partial charge in [-0.3, -0.25) is 0 Å². The molecule has 0 saturated carbocycles. The second kappa shape index (κ2) is 7.34. The van der Waals surface area contributed by atoms with Gasteiger partial charge >= 0.3 is 0 Å². The van der Waals surface area contributed by atoms with Crippen LogP contribution in [-0.2, 0) is 16.6 Å². The number of nitriles is 1. The average Bonchev–Trinajstić information content (AvgIpc) is 2.60. The third-order valence-electron chi connectivity index (χ3n) is 3.55. The van der Waals surface area contributed by atoms with Gasteiger partial charge in [0.05, 0.1) is 24.7 Å². The normalized spacial score (nSPS) is 10.9. The largest absolute Gasteiger partial charge is 0.496 e. The van der Waals surface area contributed by atoms with Gasteiger partial charge in [-0.15, -0.1) is 0 Å². The molecule has 6 nitrogen and oxygen atoms in total. The van der Waals surface area contributed by atoms with Crippen LogP contribution < -0.4 is 14.2 Å². The summed E-state index contributed by atoms with van der Waals surface area (Å²) in [4.78, 5) is -0.0504. The van der Waals surface area contributed by atoms with E-state index in [1.165, 1.54) is 19.2 Å². The van der Waals surface area contributed by atoms with E-state index in [1.54, 1.807) is 31.4 Å². The molecule has 0 spiro atoms. The van der Waals surface area contributed by atoms with Crippen LogP contribution >= 0.6 is 0 Å². The third-order valence-corrected chi connectivity index (χ3v) is 5.01. The van der Waals surface area contributed by atoms with Gasteiger partial charge in [-0.2, -0.15) is 5.26 Å². The fourth-order valence-electron chi connectivity index (χ4n) is 2.30. The van der Waals surface area contributed by atoms with E-state index in [2.05, 4.69) is 4.72 Å². The van der Waals surface area contributed by atoms with Crippen molar-refractivity contribution in [1.29, 1.82) is 5.26 Å². The molecule has 0 aliphatic rings. The number of ether oxygens (including phenoxy) is 2. The first-order valence-corrected chi connectivity index (χ1v) is 8.61. The van der Waals surface area contributed by atoms with Crippen LogP contribution in [0, 0.1) is 18.3 Å². The minimum Gasteiger partial charge on any atom is -0.496 e. The summed E-state index contributed by atoms with van der Waals surface area (Å²) in [6.45, 7) is 1.89. The van der Waals surface area contributed by atoms with E-state index in [4.69, 9.17) is 14.7 Å². The second-order valence-electron chi connectivity index (χ2n) is 5.07. The Hall–Kier alpha value is -2.56.